The van der Waals surface area contributed by atoms with E-state index in [1.165, 1.54) is 25.4 Å². The molecule has 3 saturated heterocycles. The van der Waals surface area contributed by atoms with Gasteiger partial charge in [0.05, 0.1) is 56.9 Å². The number of carbonyl (C=O) groups excluding carboxylic acids is 1. The zero-order valence-corrected chi connectivity index (χ0v) is 29.2. The number of carbonyl (C=O) groups is 1. The van der Waals surface area contributed by atoms with Gasteiger partial charge in [0.2, 0.25) is 27.8 Å². The van der Waals surface area contributed by atoms with Crippen LogP contribution in [0.25, 0.3) is 22.2 Å². The molecule has 0 saturated carbocycles. The number of nitrogens with one attached hydrogen (secondary N) is 2. The Hall–Kier alpha value is -3.74. The Labute approximate surface area is 290 Å². The summed E-state index contributed by atoms with van der Waals surface area (Å²) in [7, 11) is -2.26. The number of rotatable bonds is 13. The number of hydrogen-bond acceptors (Lipinski definition) is 13. The number of methoxy groups -OCH3 is 1. The third-order valence-corrected chi connectivity index (χ3v) is 9.38. The SMILES string of the molecule is COc1ncc(-c2nc(N3CCOCC3)nc3c(CN4CCC(OCCC(=O)NOC5CCCCO5)CC4)cc(F)cc23)cc1NS(C)(=O)=O. The molecule has 3 aliphatic rings. The summed E-state index contributed by atoms with van der Waals surface area (Å²) >= 11 is 0. The molecular weight excluding hydrogens is 673 g/mol. The minimum absolute atomic E-state index is 0.00469. The van der Waals surface area contributed by atoms with E-state index in [4.69, 9.17) is 33.8 Å². The third kappa shape index (κ3) is 9.52. The highest BCUT2D eigenvalue weighted by Gasteiger charge is 2.25. The number of benzene rings is 1. The van der Waals surface area contributed by atoms with Crippen molar-refractivity contribution in [3.05, 3.63) is 35.8 Å². The van der Waals surface area contributed by atoms with Crippen molar-refractivity contribution in [1.82, 2.24) is 25.3 Å². The number of hydrogen-bond donors (Lipinski definition) is 2. The molecule has 1 amide bonds. The van der Waals surface area contributed by atoms with Crippen molar-refractivity contribution in [2.45, 2.75) is 57.5 Å². The predicted molar refractivity (Wildman–Crippen MR) is 182 cm³/mol. The molecular formula is C33H44FN7O8S. The molecule has 3 fully saturated rings. The van der Waals surface area contributed by atoms with E-state index in [2.05, 4.69) is 20.1 Å². The lowest BCUT2D eigenvalue weighted by molar-refractivity contribution is -0.201. The van der Waals surface area contributed by atoms with E-state index in [0.717, 1.165) is 38.4 Å². The van der Waals surface area contributed by atoms with Crippen LogP contribution in [0.2, 0.25) is 0 Å². The minimum Gasteiger partial charge on any atom is -0.480 e. The molecule has 2 aromatic heterocycles. The number of morpholine rings is 1. The summed E-state index contributed by atoms with van der Waals surface area (Å²) < 4.78 is 64.3. The van der Waals surface area contributed by atoms with Crippen LogP contribution in [0.4, 0.5) is 16.0 Å². The van der Waals surface area contributed by atoms with Gasteiger partial charge in [-0.15, -0.1) is 0 Å². The molecule has 5 heterocycles. The van der Waals surface area contributed by atoms with Crippen LogP contribution in [-0.4, -0.2) is 113 Å². The monoisotopic (exact) mass is 717 g/mol. The third-order valence-electron chi connectivity index (χ3n) is 8.79. The Morgan fingerprint density at radius 1 is 1.06 bits per heavy atom. The van der Waals surface area contributed by atoms with Gasteiger partial charge in [0, 0.05) is 62.9 Å². The van der Waals surface area contributed by atoms with Crippen LogP contribution in [0.1, 0.15) is 44.1 Å². The van der Waals surface area contributed by atoms with Crippen molar-refractivity contribution in [1.29, 1.82) is 0 Å². The smallest absolute Gasteiger partial charge is 0.245 e. The molecule has 0 spiro atoms. The fourth-order valence-electron chi connectivity index (χ4n) is 6.30. The van der Waals surface area contributed by atoms with Gasteiger partial charge in [-0.1, -0.05) is 0 Å². The minimum atomic E-state index is -3.65. The summed E-state index contributed by atoms with van der Waals surface area (Å²) in [5, 5.41) is 0.477. The van der Waals surface area contributed by atoms with Gasteiger partial charge in [0.15, 0.2) is 6.29 Å². The lowest BCUT2D eigenvalue weighted by atomic mass is 10.0. The number of amides is 1. The first-order valence-electron chi connectivity index (χ1n) is 16.9. The van der Waals surface area contributed by atoms with Crippen molar-refractivity contribution in [2.75, 3.05) is 75.6 Å². The maximum Gasteiger partial charge on any atom is 0.245 e. The molecule has 1 aromatic carbocycles. The molecule has 0 aliphatic carbocycles. The van der Waals surface area contributed by atoms with E-state index in [1.54, 1.807) is 6.07 Å². The number of aromatic nitrogens is 3. The van der Waals surface area contributed by atoms with Crippen LogP contribution in [0.3, 0.4) is 0 Å². The Kier molecular flexibility index (Phi) is 11.9. The normalized spacial score (nSPS) is 19.4. The number of sulfonamides is 1. The highest BCUT2D eigenvalue weighted by molar-refractivity contribution is 7.92. The second-order valence-electron chi connectivity index (χ2n) is 12.6. The van der Waals surface area contributed by atoms with Crippen LogP contribution in [-0.2, 0) is 40.4 Å². The van der Waals surface area contributed by atoms with Gasteiger partial charge in [-0.3, -0.25) is 14.4 Å². The molecule has 1 unspecified atom stereocenters. The summed E-state index contributed by atoms with van der Waals surface area (Å²) in [6.07, 6.45) is 6.64. The van der Waals surface area contributed by atoms with E-state index in [9.17, 15) is 13.2 Å². The fraction of sp³-hybridized carbons (Fsp3) is 0.576. The largest absolute Gasteiger partial charge is 0.480 e. The number of pyridine rings is 1. The molecule has 50 heavy (non-hydrogen) atoms. The number of fused-ring (bicyclic) bond motifs is 1. The summed E-state index contributed by atoms with van der Waals surface area (Å²) in [6.45, 7) is 5.01. The first kappa shape index (κ1) is 36.1. The highest BCUT2D eigenvalue weighted by atomic mass is 32.2. The molecule has 0 bridgehead atoms. The van der Waals surface area contributed by atoms with Gasteiger partial charge >= 0.3 is 0 Å². The second-order valence-corrected chi connectivity index (χ2v) is 14.4. The van der Waals surface area contributed by atoms with Crippen LogP contribution in [0, 0.1) is 5.82 Å². The summed E-state index contributed by atoms with van der Waals surface area (Å²) in [4.78, 5) is 35.9. The van der Waals surface area contributed by atoms with Crippen molar-refractivity contribution in [3.63, 3.8) is 0 Å². The first-order chi connectivity index (χ1) is 24.1. The average Bonchev–Trinajstić information content (AvgIpc) is 3.11. The maximum absolute atomic E-state index is 15.4. The van der Waals surface area contributed by atoms with Gasteiger partial charge < -0.3 is 23.8 Å². The van der Waals surface area contributed by atoms with Crippen molar-refractivity contribution >= 4 is 38.5 Å². The number of nitrogens with zero attached hydrogens (tertiary/aromatic N) is 5. The lowest BCUT2D eigenvalue weighted by Crippen LogP contribution is -2.38. The summed E-state index contributed by atoms with van der Waals surface area (Å²) in [6, 6.07) is 4.48. The molecule has 3 aliphatic heterocycles. The highest BCUT2D eigenvalue weighted by Crippen LogP contribution is 2.35. The van der Waals surface area contributed by atoms with E-state index in [-0.39, 0.29) is 36.6 Å². The van der Waals surface area contributed by atoms with Gasteiger partial charge in [-0.25, -0.2) is 38.1 Å². The van der Waals surface area contributed by atoms with Crippen molar-refractivity contribution in [3.8, 4) is 17.1 Å². The van der Waals surface area contributed by atoms with Gasteiger partial charge in [0.25, 0.3) is 0 Å². The zero-order valence-electron chi connectivity index (χ0n) is 28.4. The number of hydroxylamine groups is 1. The van der Waals surface area contributed by atoms with Crippen molar-refractivity contribution in [2.24, 2.45) is 0 Å². The fourth-order valence-corrected chi connectivity index (χ4v) is 6.84. The molecule has 3 aromatic rings. The number of ether oxygens (including phenoxy) is 4. The Bertz CT molecular complexity index is 1750. The van der Waals surface area contributed by atoms with Crippen LogP contribution >= 0.6 is 0 Å². The van der Waals surface area contributed by atoms with E-state index in [0.29, 0.717) is 86.2 Å². The Morgan fingerprint density at radius 2 is 1.86 bits per heavy atom. The quantitative estimate of drug-likeness (QED) is 0.248. The van der Waals surface area contributed by atoms with Gasteiger partial charge in [-0.2, -0.15) is 0 Å². The molecule has 6 rings (SSSR count). The summed E-state index contributed by atoms with van der Waals surface area (Å²) in [5.74, 6) is -0.138. The second kappa shape index (κ2) is 16.5. The van der Waals surface area contributed by atoms with Crippen LogP contribution in [0.15, 0.2) is 24.4 Å². The number of likely N-dealkylation sites (tertiary alicyclic amines) is 1. The van der Waals surface area contributed by atoms with Gasteiger partial charge in [0.1, 0.15) is 11.5 Å². The first-order valence-corrected chi connectivity index (χ1v) is 18.8. The molecule has 0 radical (unpaired) electrons. The van der Waals surface area contributed by atoms with Crippen LogP contribution in [0.5, 0.6) is 5.88 Å². The van der Waals surface area contributed by atoms with Crippen molar-refractivity contribution < 1.29 is 41.4 Å². The number of piperidine rings is 1. The zero-order chi connectivity index (χ0) is 35.1. The number of halogens is 1. The predicted octanol–water partition coefficient (Wildman–Crippen LogP) is 2.99. The standard InChI is InChI=1S/C33H44FN7O8S/c1-45-32-27(39-50(2,43)44)18-22(20-35-32)30-26-19-24(34)17-23(31(26)37-33(36-30)41-11-15-46-16-12-41)21-40-9-6-25(7-10-40)47-14-8-28(42)38-49-29-5-3-4-13-48-29/h17-20,25,29,39H,3-16,21H2,1-2H3,(H,38,42). The number of anilines is 2. The van der Waals surface area contributed by atoms with E-state index < -0.39 is 22.1 Å². The topological polar surface area (TPSA) is 167 Å². The Morgan fingerprint density at radius 3 is 2.58 bits per heavy atom. The maximum atomic E-state index is 15.4. The van der Waals surface area contributed by atoms with E-state index in [1.807, 2.05) is 4.90 Å². The molecule has 272 valence electrons. The average molecular weight is 718 g/mol. The Balaban J connectivity index is 1.17. The van der Waals surface area contributed by atoms with Gasteiger partial charge in [-0.05, 0) is 49.4 Å². The molecule has 1 atom stereocenters. The lowest BCUT2D eigenvalue weighted by Gasteiger charge is -2.32. The molecule has 2 N–H and O–H groups in total. The van der Waals surface area contributed by atoms with E-state index >= 15 is 4.39 Å². The molecule has 17 heteroatoms. The van der Waals surface area contributed by atoms with Crippen LogP contribution < -0.4 is 19.8 Å². The summed E-state index contributed by atoms with van der Waals surface area (Å²) in [5.41, 5.74) is 4.77. The molecule has 15 nitrogen and oxygen atoms in total.